The molecule has 0 aromatic carbocycles. The summed E-state index contributed by atoms with van der Waals surface area (Å²) < 4.78 is 5.03. The molecule has 0 fully saturated rings. The van der Waals surface area contributed by atoms with Crippen molar-refractivity contribution in [3.05, 3.63) is 12.2 Å². The van der Waals surface area contributed by atoms with Gasteiger partial charge >= 0.3 is 5.97 Å². The molecule has 0 spiro atoms. The van der Waals surface area contributed by atoms with E-state index in [4.69, 9.17) is 4.74 Å². The fraction of sp³-hybridized carbons (Fsp3) is 0.727. The van der Waals surface area contributed by atoms with Crippen molar-refractivity contribution >= 4 is 5.97 Å². The van der Waals surface area contributed by atoms with E-state index in [1.54, 1.807) is 0 Å². The van der Waals surface area contributed by atoms with Crippen molar-refractivity contribution in [2.45, 2.75) is 26.7 Å². The Kier molecular flexibility index (Phi) is 7.11. The fourth-order valence-electron chi connectivity index (χ4n) is 1.29. The number of nitrogens with one attached hydrogen (secondary N) is 1. The zero-order valence-electron chi connectivity index (χ0n) is 9.43. The van der Waals surface area contributed by atoms with E-state index >= 15 is 0 Å². The van der Waals surface area contributed by atoms with Gasteiger partial charge in [-0.25, -0.2) is 4.79 Å². The van der Waals surface area contributed by atoms with Crippen LogP contribution in [0.4, 0.5) is 0 Å². The Balaban J connectivity index is 3.91. The van der Waals surface area contributed by atoms with Gasteiger partial charge in [0.15, 0.2) is 0 Å². The molecule has 0 aromatic heterocycles. The molecule has 1 N–H and O–H groups in total. The smallest absolute Gasteiger partial charge is 0.333 e. The molecule has 0 amide bonds. The molecule has 0 saturated heterocycles. The Hall–Kier alpha value is -0.830. The number of likely N-dealkylation sites (N-methyl/N-ethyl adjacent to an activating group) is 1. The number of hydrogen-bond acceptors (Lipinski definition) is 3. The maximum atomic E-state index is 11.4. The largest absolute Gasteiger partial charge is 0.461 e. The van der Waals surface area contributed by atoms with E-state index in [0.717, 1.165) is 12.8 Å². The van der Waals surface area contributed by atoms with Crippen molar-refractivity contribution < 1.29 is 9.53 Å². The van der Waals surface area contributed by atoms with Gasteiger partial charge in [0.05, 0.1) is 0 Å². The second kappa shape index (κ2) is 7.56. The maximum absolute atomic E-state index is 11.4. The molecule has 0 rings (SSSR count). The van der Waals surface area contributed by atoms with Gasteiger partial charge in [-0.2, -0.15) is 0 Å². The van der Waals surface area contributed by atoms with Crippen molar-refractivity contribution in [2.24, 2.45) is 5.92 Å². The number of ether oxygens (including phenoxy) is 1. The van der Waals surface area contributed by atoms with E-state index in [1.807, 2.05) is 7.05 Å². The molecule has 0 saturated carbocycles. The topological polar surface area (TPSA) is 38.3 Å². The summed E-state index contributed by atoms with van der Waals surface area (Å²) in [6, 6.07) is 0. The van der Waals surface area contributed by atoms with Gasteiger partial charge in [-0.3, -0.25) is 0 Å². The van der Waals surface area contributed by atoms with E-state index in [1.165, 1.54) is 0 Å². The minimum Gasteiger partial charge on any atom is -0.461 e. The third-order valence-corrected chi connectivity index (χ3v) is 2.33. The lowest BCUT2D eigenvalue weighted by Gasteiger charge is -2.14. The summed E-state index contributed by atoms with van der Waals surface area (Å²) in [6.07, 6.45) is 1.88. The Morgan fingerprint density at radius 2 is 2.00 bits per heavy atom. The number of carbonyl (C=O) groups is 1. The number of esters is 1. The monoisotopic (exact) mass is 199 g/mol. The summed E-state index contributed by atoms with van der Waals surface area (Å²) in [5.41, 5.74) is 0.603. The SMILES string of the molecule is C=C(C(=O)OCCNC)C(CC)CC. The minimum absolute atomic E-state index is 0.256. The summed E-state index contributed by atoms with van der Waals surface area (Å²) >= 11 is 0. The number of rotatable bonds is 7. The Morgan fingerprint density at radius 1 is 1.43 bits per heavy atom. The predicted octanol–water partition coefficient (Wildman–Crippen LogP) is 1.74. The van der Waals surface area contributed by atoms with E-state index in [2.05, 4.69) is 25.7 Å². The number of carbonyl (C=O) groups excluding carboxylic acids is 1. The van der Waals surface area contributed by atoms with Gasteiger partial charge in [0.1, 0.15) is 6.61 Å². The van der Waals surface area contributed by atoms with Crippen molar-refractivity contribution in [3.8, 4) is 0 Å². The van der Waals surface area contributed by atoms with Crippen LogP contribution >= 0.6 is 0 Å². The lowest BCUT2D eigenvalue weighted by atomic mass is 9.95. The third-order valence-electron chi connectivity index (χ3n) is 2.33. The van der Waals surface area contributed by atoms with Crippen LogP contribution in [-0.2, 0) is 9.53 Å². The molecule has 82 valence electrons. The molecular formula is C11H21NO2. The van der Waals surface area contributed by atoms with Crippen LogP contribution in [0, 0.1) is 5.92 Å². The van der Waals surface area contributed by atoms with Crippen LogP contribution in [0.25, 0.3) is 0 Å². The highest BCUT2D eigenvalue weighted by atomic mass is 16.5. The first-order valence-corrected chi connectivity index (χ1v) is 5.17. The molecule has 0 radical (unpaired) electrons. The van der Waals surface area contributed by atoms with Crippen LogP contribution in [0.3, 0.4) is 0 Å². The zero-order chi connectivity index (χ0) is 11.0. The third kappa shape index (κ3) is 4.42. The molecule has 0 aromatic rings. The quantitative estimate of drug-likeness (QED) is 0.385. The van der Waals surface area contributed by atoms with Crippen LogP contribution in [0.1, 0.15) is 26.7 Å². The predicted molar refractivity (Wildman–Crippen MR) is 58.1 cm³/mol. The molecule has 14 heavy (non-hydrogen) atoms. The van der Waals surface area contributed by atoms with Crippen LogP contribution in [0.5, 0.6) is 0 Å². The van der Waals surface area contributed by atoms with Gasteiger partial charge in [0.2, 0.25) is 0 Å². The zero-order valence-corrected chi connectivity index (χ0v) is 9.43. The molecule has 0 unspecified atom stereocenters. The molecule has 0 atom stereocenters. The van der Waals surface area contributed by atoms with E-state index < -0.39 is 0 Å². The highest BCUT2D eigenvalue weighted by molar-refractivity contribution is 5.88. The van der Waals surface area contributed by atoms with Crippen molar-refractivity contribution in [2.75, 3.05) is 20.2 Å². The normalized spacial score (nSPS) is 10.3. The first-order chi connectivity index (χ1) is 6.67. The minimum atomic E-state index is -0.256. The van der Waals surface area contributed by atoms with Gasteiger partial charge in [0.25, 0.3) is 0 Å². The summed E-state index contributed by atoms with van der Waals surface area (Å²) in [7, 11) is 1.82. The maximum Gasteiger partial charge on any atom is 0.333 e. The first kappa shape index (κ1) is 13.2. The Bertz CT molecular complexity index is 186. The Morgan fingerprint density at radius 3 is 2.43 bits per heavy atom. The lowest BCUT2D eigenvalue weighted by Crippen LogP contribution is -2.20. The second-order valence-electron chi connectivity index (χ2n) is 3.28. The standard InChI is InChI=1S/C11H21NO2/c1-5-10(6-2)9(3)11(13)14-8-7-12-4/h10,12H,3,5-8H2,1-2,4H3. The van der Waals surface area contributed by atoms with Gasteiger partial charge < -0.3 is 10.1 Å². The molecule has 0 aliphatic carbocycles. The van der Waals surface area contributed by atoms with Gasteiger partial charge in [-0.05, 0) is 25.8 Å². The second-order valence-corrected chi connectivity index (χ2v) is 3.28. The van der Waals surface area contributed by atoms with Crippen LogP contribution < -0.4 is 5.32 Å². The Labute approximate surface area is 86.5 Å². The van der Waals surface area contributed by atoms with Crippen molar-refractivity contribution in [1.82, 2.24) is 5.32 Å². The van der Waals surface area contributed by atoms with E-state index in [0.29, 0.717) is 18.7 Å². The highest BCUT2D eigenvalue weighted by Gasteiger charge is 2.16. The van der Waals surface area contributed by atoms with Crippen molar-refractivity contribution in [3.63, 3.8) is 0 Å². The fourth-order valence-corrected chi connectivity index (χ4v) is 1.29. The summed E-state index contributed by atoms with van der Waals surface area (Å²) in [5, 5.41) is 2.91. The van der Waals surface area contributed by atoms with Crippen LogP contribution in [-0.4, -0.2) is 26.2 Å². The van der Waals surface area contributed by atoms with Gasteiger partial charge in [-0.15, -0.1) is 0 Å². The molecule has 3 nitrogen and oxygen atoms in total. The molecule has 3 heteroatoms. The summed E-state index contributed by atoms with van der Waals surface area (Å²) in [6.45, 7) is 8.99. The van der Waals surface area contributed by atoms with Crippen LogP contribution in [0.15, 0.2) is 12.2 Å². The lowest BCUT2D eigenvalue weighted by molar-refractivity contribution is -0.139. The van der Waals surface area contributed by atoms with Crippen molar-refractivity contribution in [1.29, 1.82) is 0 Å². The van der Waals surface area contributed by atoms with Gasteiger partial charge in [-0.1, -0.05) is 20.4 Å². The number of hydrogen-bond donors (Lipinski definition) is 1. The summed E-state index contributed by atoms with van der Waals surface area (Å²) in [5.74, 6) is 0.00559. The molecule has 0 aliphatic rings. The summed E-state index contributed by atoms with van der Waals surface area (Å²) in [4.78, 5) is 11.4. The molecule has 0 aliphatic heterocycles. The first-order valence-electron chi connectivity index (χ1n) is 5.17. The highest BCUT2D eigenvalue weighted by Crippen LogP contribution is 2.18. The van der Waals surface area contributed by atoms with E-state index in [9.17, 15) is 4.79 Å². The van der Waals surface area contributed by atoms with Gasteiger partial charge in [0, 0.05) is 12.1 Å². The molecule has 0 bridgehead atoms. The average molecular weight is 199 g/mol. The molecular weight excluding hydrogens is 178 g/mol. The molecule has 0 heterocycles. The van der Waals surface area contributed by atoms with Crippen LogP contribution in [0.2, 0.25) is 0 Å². The average Bonchev–Trinajstić information content (AvgIpc) is 2.19. The van der Waals surface area contributed by atoms with E-state index in [-0.39, 0.29) is 11.9 Å².